The topological polar surface area (TPSA) is 37.8 Å². The van der Waals surface area contributed by atoms with Crippen LogP contribution in [0.25, 0.3) is 0 Å². The van der Waals surface area contributed by atoms with Crippen molar-refractivity contribution in [3.05, 3.63) is 18.0 Å². The normalized spacial score (nSPS) is 27.1. The van der Waals surface area contributed by atoms with E-state index in [0.29, 0.717) is 0 Å². The highest BCUT2D eigenvalue weighted by Gasteiger charge is 2.31. The van der Waals surface area contributed by atoms with E-state index in [4.69, 9.17) is 0 Å². The van der Waals surface area contributed by atoms with E-state index >= 15 is 0 Å². The molecule has 2 atom stereocenters. The highest BCUT2D eigenvalue weighted by Crippen LogP contribution is 2.43. The molecule has 0 amide bonds. The zero-order valence-electron chi connectivity index (χ0n) is 14.5. The number of rotatable bonds is 8. The standard InChI is InChI=1S/C19H31N3S/c1-2-8-23-19-21-13-18(14-22-19)12-20-7-6-17-10-15-4-3-5-16(9-15)11-17/h13-17,20H,2-12H2,1H3. The average Bonchev–Trinajstić information content (AvgIpc) is 2.58. The number of aromatic nitrogens is 2. The smallest absolute Gasteiger partial charge is 0.187 e. The Hall–Kier alpha value is -0.610. The monoisotopic (exact) mass is 333 g/mol. The first-order chi connectivity index (χ1) is 11.3. The second kappa shape index (κ2) is 9.03. The molecule has 0 spiro atoms. The SMILES string of the molecule is CCCSc1ncc(CNCCC2CC3CCCC(C3)C2)cn1. The third kappa shape index (κ3) is 5.46. The summed E-state index contributed by atoms with van der Waals surface area (Å²) in [5.74, 6) is 4.17. The van der Waals surface area contributed by atoms with Crippen LogP contribution in [0.2, 0.25) is 0 Å². The van der Waals surface area contributed by atoms with E-state index in [0.717, 1.165) is 41.8 Å². The lowest BCUT2D eigenvalue weighted by Gasteiger charge is -2.39. The Bertz CT molecular complexity index is 450. The Balaban J connectivity index is 1.33. The lowest BCUT2D eigenvalue weighted by molar-refractivity contribution is 0.132. The minimum atomic E-state index is 0.901. The van der Waals surface area contributed by atoms with Crippen molar-refractivity contribution in [2.45, 2.75) is 70.0 Å². The van der Waals surface area contributed by atoms with Crippen LogP contribution in [0.4, 0.5) is 0 Å². The summed E-state index contributed by atoms with van der Waals surface area (Å²) in [4.78, 5) is 8.87. The average molecular weight is 334 g/mol. The molecular weight excluding hydrogens is 302 g/mol. The molecule has 128 valence electrons. The summed E-state index contributed by atoms with van der Waals surface area (Å²) in [7, 11) is 0. The van der Waals surface area contributed by atoms with Gasteiger partial charge in [0, 0.05) is 30.3 Å². The predicted molar refractivity (Wildman–Crippen MR) is 97.5 cm³/mol. The molecule has 4 heteroatoms. The van der Waals surface area contributed by atoms with Gasteiger partial charge in [-0.2, -0.15) is 0 Å². The van der Waals surface area contributed by atoms with Gasteiger partial charge in [-0.15, -0.1) is 0 Å². The first-order valence-corrected chi connectivity index (χ1v) is 10.5. The zero-order valence-corrected chi connectivity index (χ0v) is 15.3. The van der Waals surface area contributed by atoms with E-state index in [9.17, 15) is 0 Å². The van der Waals surface area contributed by atoms with Crippen molar-refractivity contribution in [1.82, 2.24) is 15.3 Å². The van der Waals surface area contributed by atoms with Gasteiger partial charge in [-0.25, -0.2) is 9.97 Å². The molecular formula is C19H31N3S. The van der Waals surface area contributed by atoms with Crippen molar-refractivity contribution >= 4 is 11.8 Å². The highest BCUT2D eigenvalue weighted by atomic mass is 32.2. The van der Waals surface area contributed by atoms with Crippen LogP contribution in [0.5, 0.6) is 0 Å². The highest BCUT2D eigenvalue weighted by molar-refractivity contribution is 7.99. The summed E-state index contributed by atoms with van der Waals surface area (Å²) in [6.07, 6.45) is 15.5. The van der Waals surface area contributed by atoms with Crippen molar-refractivity contribution < 1.29 is 0 Å². The summed E-state index contributed by atoms with van der Waals surface area (Å²) in [5.41, 5.74) is 1.20. The Morgan fingerprint density at radius 1 is 1.13 bits per heavy atom. The molecule has 2 aliphatic carbocycles. The molecule has 0 aromatic carbocycles. The van der Waals surface area contributed by atoms with E-state index in [2.05, 4.69) is 22.2 Å². The summed E-state index contributed by atoms with van der Waals surface area (Å²) in [5, 5.41) is 4.50. The summed E-state index contributed by atoms with van der Waals surface area (Å²) in [6, 6.07) is 0. The lowest BCUT2D eigenvalue weighted by atomic mass is 9.67. The Labute approximate surface area is 145 Å². The molecule has 2 unspecified atom stereocenters. The van der Waals surface area contributed by atoms with Crippen LogP contribution in [0.15, 0.2) is 17.6 Å². The van der Waals surface area contributed by atoms with Gasteiger partial charge in [0.1, 0.15) is 0 Å². The van der Waals surface area contributed by atoms with Gasteiger partial charge in [-0.1, -0.05) is 37.9 Å². The molecule has 2 saturated carbocycles. The first-order valence-electron chi connectivity index (χ1n) is 9.48. The largest absolute Gasteiger partial charge is 0.313 e. The molecule has 2 aliphatic rings. The number of hydrogen-bond donors (Lipinski definition) is 1. The minimum absolute atomic E-state index is 0.901. The van der Waals surface area contributed by atoms with Crippen molar-refractivity contribution in [3.63, 3.8) is 0 Å². The number of hydrogen-bond acceptors (Lipinski definition) is 4. The molecule has 0 saturated heterocycles. The van der Waals surface area contributed by atoms with Gasteiger partial charge in [-0.05, 0) is 56.4 Å². The second-order valence-electron chi connectivity index (χ2n) is 7.42. The molecule has 23 heavy (non-hydrogen) atoms. The van der Waals surface area contributed by atoms with Crippen molar-refractivity contribution in [1.29, 1.82) is 0 Å². The Morgan fingerprint density at radius 2 is 1.87 bits per heavy atom. The molecule has 1 aromatic heterocycles. The van der Waals surface area contributed by atoms with Gasteiger partial charge in [0.05, 0.1) is 0 Å². The van der Waals surface area contributed by atoms with Gasteiger partial charge < -0.3 is 5.32 Å². The van der Waals surface area contributed by atoms with E-state index in [-0.39, 0.29) is 0 Å². The maximum absolute atomic E-state index is 4.44. The molecule has 3 nitrogen and oxygen atoms in total. The lowest BCUT2D eigenvalue weighted by Crippen LogP contribution is -2.28. The van der Waals surface area contributed by atoms with Gasteiger partial charge in [-0.3, -0.25) is 0 Å². The fourth-order valence-electron chi connectivity index (χ4n) is 4.35. The maximum atomic E-state index is 4.44. The molecule has 1 N–H and O–H groups in total. The quantitative estimate of drug-likeness (QED) is 0.426. The van der Waals surface area contributed by atoms with Crippen LogP contribution in [-0.2, 0) is 6.54 Å². The van der Waals surface area contributed by atoms with Gasteiger partial charge in [0.25, 0.3) is 0 Å². The van der Waals surface area contributed by atoms with Crippen LogP contribution < -0.4 is 5.32 Å². The maximum Gasteiger partial charge on any atom is 0.187 e. The first kappa shape index (κ1) is 17.2. The number of nitrogens with zero attached hydrogens (tertiary/aromatic N) is 2. The number of thioether (sulfide) groups is 1. The van der Waals surface area contributed by atoms with Crippen LogP contribution in [0, 0.1) is 17.8 Å². The number of nitrogens with one attached hydrogen (secondary N) is 1. The fraction of sp³-hybridized carbons (Fsp3) is 0.789. The summed E-state index contributed by atoms with van der Waals surface area (Å²) >= 11 is 1.74. The predicted octanol–water partition coefficient (Wildman–Crippen LogP) is 4.67. The van der Waals surface area contributed by atoms with Crippen LogP contribution in [0.1, 0.15) is 63.9 Å². The molecule has 1 aromatic rings. The zero-order chi connectivity index (χ0) is 15.9. The molecule has 0 aliphatic heterocycles. The number of fused-ring (bicyclic) bond motifs is 2. The van der Waals surface area contributed by atoms with Crippen LogP contribution in [-0.4, -0.2) is 22.3 Å². The minimum Gasteiger partial charge on any atom is -0.313 e. The second-order valence-corrected chi connectivity index (χ2v) is 8.49. The van der Waals surface area contributed by atoms with Crippen molar-refractivity contribution in [2.75, 3.05) is 12.3 Å². The van der Waals surface area contributed by atoms with Crippen molar-refractivity contribution in [2.24, 2.45) is 17.8 Å². The van der Waals surface area contributed by atoms with Gasteiger partial charge in [0.15, 0.2) is 5.16 Å². The Kier molecular flexibility index (Phi) is 6.76. The van der Waals surface area contributed by atoms with E-state index in [1.807, 2.05) is 12.4 Å². The fourth-order valence-corrected chi connectivity index (χ4v) is 4.99. The molecule has 1 heterocycles. The summed E-state index contributed by atoms with van der Waals surface area (Å²) in [6.45, 7) is 4.22. The van der Waals surface area contributed by atoms with Crippen molar-refractivity contribution in [3.8, 4) is 0 Å². The van der Waals surface area contributed by atoms with E-state index < -0.39 is 0 Å². The van der Waals surface area contributed by atoms with E-state index in [1.54, 1.807) is 11.8 Å². The third-order valence-corrected chi connectivity index (χ3v) is 6.48. The Morgan fingerprint density at radius 3 is 2.57 bits per heavy atom. The summed E-state index contributed by atoms with van der Waals surface area (Å²) < 4.78 is 0. The van der Waals surface area contributed by atoms with Gasteiger partial charge >= 0.3 is 0 Å². The van der Waals surface area contributed by atoms with Crippen LogP contribution in [0.3, 0.4) is 0 Å². The van der Waals surface area contributed by atoms with E-state index in [1.165, 1.54) is 56.9 Å². The third-order valence-electron chi connectivity index (χ3n) is 5.40. The molecule has 2 fully saturated rings. The molecule has 2 bridgehead atoms. The molecule has 0 radical (unpaired) electrons. The molecule has 3 rings (SSSR count). The van der Waals surface area contributed by atoms with Gasteiger partial charge in [0.2, 0.25) is 0 Å². The van der Waals surface area contributed by atoms with Crippen LogP contribution >= 0.6 is 11.8 Å².